The molecule has 2 rings (SSSR count). The van der Waals surface area contributed by atoms with Crippen molar-refractivity contribution in [2.75, 3.05) is 20.3 Å². The average Bonchev–Trinajstić information content (AvgIpc) is 2.47. The van der Waals surface area contributed by atoms with Gasteiger partial charge in [0.25, 0.3) is 5.91 Å². The Morgan fingerprint density at radius 3 is 2.75 bits per heavy atom. The highest BCUT2D eigenvalue weighted by molar-refractivity contribution is 6.07. The number of fused-ring (bicyclic) bond motifs is 1. The largest absolute Gasteiger partial charge is 0.396 e. The molecule has 1 atom stereocenters. The number of amides is 1. The number of aliphatic hydroxyl groups excluding tert-OH is 1. The molecule has 0 saturated heterocycles. The molecule has 0 spiro atoms. The highest BCUT2D eigenvalue weighted by atomic mass is 16.5. The van der Waals surface area contributed by atoms with Gasteiger partial charge in [-0.2, -0.15) is 0 Å². The first-order chi connectivity index (χ1) is 9.76. The highest BCUT2D eigenvalue weighted by Gasteiger charge is 2.15. The van der Waals surface area contributed by atoms with Gasteiger partial charge in [0.1, 0.15) is 0 Å². The molecule has 4 heteroatoms. The molecule has 2 N–H and O–H groups in total. The summed E-state index contributed by atoms with van der Waals surface area (Å²) in [6, 6.07) is 13.2. The van der Waals surface area contributed by atoms with Crippen molar-refractivity contribution in [1.29, 1.82) is 0 Å². The van der Waals surface area contributed by atoms with Crippen LogP contribution in [0, 0.1) is 0 Å². The van der Waals surface area contributed by atoms with Gasteiger partial charge in [-0.05, 0) is 23.3 Å². The van der Waals surface area contributed by atoms with E-state index in [0.29, 0.717) is 18.6 Å². The SMILES string of the molecule is COCC(CCO)NC(=O)c1cccc2ccccc12. The quantitative estimate of drug-likeness (QED) is 0.846. The summed E-state index contributed by atoms with van der Waals surface area (Å²) in [5, 5.41) is 13.9. The molecule has 0 radical (unpaired) electrons. The van der Waals surface area contributed by atoms with E-state index in [-0.39, 0.29) is 18.6 Å². The summed E-state index contributed by atoms with van der Waals surface area (Å²) in [4.78, 5) is 12.4. The summed E-state index contributed by atoms with van der Waals surface area (Å²) in [6.45, 7) is 0.404. The second kappa shape index (κ2) is 7.03. The molecule has 20 heavy (non-hydrogen) atoms. The molecule has 2 aromatic carbocycles. The van der Waals surface area contributed by atoms with Gasteiger partial charge in [-0.15, -0.1) is 0 Å². The fourth-order valence-corrected chi connectivity index (χ4v) is 2.24. The zero-order valence-electron chi connectivity index (χ0n) is 11.5. The van der Waals surface area contributed by atoms with Gasteiger partial charge in [-0.1, -0.05) is 36.4 Å². The number of carbonyl (C=O) groups is 1. The normalized spacial score (nSPS) is 12.3. The molecule has 0 bridgehead atoms. The van der Waals surface area contributed by atoms with Gasteiger partial charge >= 0.3 is 0 Å². The van der Waals surface area contributed by atoms with Crippen LogP contribution in [0.15, 0.2) is 42.5 Å². The van der Waals surface area contributed by atoms with Crippen LogP contribution in [-0.4, -0.2) is 37.4 Å². The Morgan fingerprint density at radius 2 is 2.00 bits per heavy atom. The van der Waals surface area contributed by atoms with Crippen LogP contribution in [0.4, 0.5) is 0 Å². The second-order valence-electron chi connectivity index (χ2n) is 4.66. The fraction of sp³-hybridized carbons (Fsp3) is 0.312. The van der Waals surface area contributed by atoms with Gasteiger partial charge in [0.2, 0.25) is 0 Å². The van der Waals surface area contributed by atoms with E-state index in [1.807, 2.05) is 36.4 Å². The van der Waals surface area contributed by atoms with Gasteiger partial charge in [-0.3, -0.25) is 4.79 Å². The van der Waals surface area contributed by atoms with Crippen LogP contribution in [-0.2, 0) is 4.74 Å². The van der Waals surface area contributed by atoms with Crippen molar-refractivity contribution >= 4 is 16.7 Å². The Bertz CT molecular complexity index is 571. The molecule has 4 nitrogen and oxygen atoms in total. The molecule has 106 valence electrons. The smallest absolute Gasteiger partial charge is 0.252 e. The first-order valence-electron chi connectivity index (χ1n) is 6.64. The van der Waals surface area contributed by atoms with Crippen LogP contribution in [0.25, 0.3) is 10.8 Å². The Labute approximate surface area is 118 Å². The van der Waals surface area contributed by atoms with Crippen molar-refractivity contribution in [2.24, 2.45) is 0 Å². The van der Waals surface area contributed by atoms with E-state index in [1.165, 1.54) is 0 Å². The molecule has 1 amide bonds. The molecule has 0 aliphatic heterocycles. The minimum Gasteiger partial charge on any atom is -0.396 e. The molecule has 2 aromatic rings. The van der Waals surface area contributed by atoms with Crippen LogP contribution in [0.1, 0.15) is 16.8 Å². The van der Waals surface area contributed by atoms with Crippen molar-refractivity contribution in [3.8, 4) is 0 Å². The van der Waals surface area contributed by atoms with Gasteiger partial charge in [-0.25, -0.2) is 0 Å². The summed E-state index contributed by atoms with van der Waals surface area (Å²) >= 11 is 0. The topological polar surface area (TPSA) is 58.6 Å². The maximum atomic E-state index is 12.4. The molecule has 1 unspecified atom stereocenters. The second-order valence-corrected chi connectivity index (χ2v) is 4.66. The van der Waals surface area contributed by atoms with Crippen LogP contribution >= 0.6 is 0 Å². The molecule has 0 aromatic heterocycles. The monoisotopic (exact) mass is 273 g/mol. The summed E-state index contributed by atoms with van der Waals surface area (Å²) in [5.74, 6) is -0.141. The van der Waals surface area contributed by atoms with E-state index in [0.717, 1.165) is 10.8 Å². The van der Waals surface area contributed by atoms with E-state index >= 15 is 0 Å². The van der Waals surface area contributed by atoms with Crippen molar-refractivity contribution in [3.63, 3.8) is 0 Å². The lowest BCUT2D eigenvalue weighted by Gasteiger charge is -2.17. The van der Waals surface area contributed by atoms with E-state index < -0.39 is 0 Å². The van der Waals surface area contributed by atoms with E-state index in [4.69, 9.17) is 9.84 Å². The number of ether oxygens (including phenoxy) is 1. The lowest BCUT2D eigenvalue weighted by Crippen LogP contribution is -2.38. The molecule has 0 fully saturated rings. The number of rotatable bonds is 6. The van der Waals surface area contributed by atoms with Crippen LogP contribution in [0.3, 0.4) is 0 Å². The van der Waals surface area contributed by atoms with E-state index in [2.05, 4.69) is 5.32 Å². The van der Waals surface area contributed by atoms with Gasteiger partial charge in [0.05, 0.1) is 12.6 Å². The van der Waals surface area contributed by atoms with Crippen molar-refractivity contribution in [1.82, 2.24) is 5.32 Å². The third-order valence-corrected chi connectivity index (χ3v) is 3.21. The van der Waals surface area contributed by atoms with Gasteiger partial charge in [0.15, 0.2) is 0 Å². The zero-order chi connectivity index (χ0) is 14.4. The standard InChI is InChI=1S/C16H19NO3/c1-20-11-13(9-10-18)17-16(19)15-8-4-6-12-5-2-3-7-14(12)15/h2-8,13,18H,9-11H2,1H3,(H,17,19). The molecule has 0 aliphatic rings. The third-order valence-electron chi connectivity index (χ3n) is 3.21. The maximum absolute atomic E-state index is 12.4. The minimum atomic E-state index is -0.184. The molecular weight excluding hydrogens is 254 g/mol. The Balaban J connectivity index is 2.22. The van der Waals surface area contributed by atoms with Crippen molar-refractivity contribution in [2.45, 2.75) is 12.5 Å². The first kappa shape index (κ1) is 14.5. The summed E-state index contributed by atoms with van der Waals surface area (Å²) in [7, 11) is 1.58. The Morgan fingerprint density at radius 1 is 1.25 bits per heavy atom. The van der Waals surface area contributed by atoms with Crippen LogP contribution in [0.2, 0.25) is 0 Å². The number of methoxy groups -OCH3 is 1. The Kier molecular flexibility index (Phi) is 5.09. The fourth-order valence-electron chi connectivity index (χ4n) is 2.24. The van der Waals surface area contributed by atoms with Gasteiger partial charge in [0, 0.05) is 19.3 Å². The number of benzene rings is 2. The van der Waals surface area contributed by atoms with E-state index in [1.54, 1.807) is 13.2 Å². The molecular formula is C16H19NO3. The number of aliphatic hydroxyl groups is 1. The third kappa shape index (κ3) is 3.35. The lowest BCUT2D eigenvalue weighted by molar-refractivity contribution is 0.0880. The summed E-state index contributed by atoms with van der Waals surface area (Å²) < 4.78 is 5.05. The predicted octanol–water partition coefficient (Wildman–Crippen LogP) is 1.97. The molecule has 0 heterocycles. The summed E-state index contributed by atoms with van der Waals surface area (Å²) in [5.41, 5.74) is 0.641. The zero-order valence-corrected chi connectivity index (χ0v) is 11.5. The maximum Gasteiger partial charge on any atom is 0.252 e. The van der Waals surface area contributed by atoms with Crippen molar-refractivity contribution in [3.05, 3.63) is 48.0 Å². The van der Waals surface area contributed by atoms with Crippen LogP contribution in [0.5, 0.6) is 0 Å². The minimum absolute atomic E-state index is 0.0177. The average molecular weight is 273 g/mol. The predicted molar refractivity (Wildman–Crippen MR) is 78.8 cm³/mol. The number of carbonyl (C=O) groups excluding carboxylic acids is 1. The van der Waals surface area contributed by atoms with E-state index in [9.17, 15) is 4.79 Å². The number of nitrogens with one attached hydrogen (secondary N) is 1. The lowest BCUT2D eigenvalue weighted by atomic mass is 10.0. The Hall–Kier alpha value is -1.91. The molecule has 0 saturated carbocycles. The number of hydrogen-bond acceptors (Lipinski definition) is 3. The first-order valence-corrected chi connectivity index (χ1v) is 6.64. The highest BCUT2D eigenvalue weighted by Crippen LogP contribution is 2.18. The molecule has 0 aliphatic carbocycles. The van der Waals surface area contributed by atoms with Gasteiger partial charge < -0.3 is 15.2 Å². The van der Waals surface area contributed by atoms with Crippen LogP contribution < -0.4 is 5.32 Å². The van der Waals surface area contributed by atoms with Crippen molar-refractivity contribution < 1.29 is 14.6 Å². The number of hydrogen-bond donors (Lipinski definition) is 2. The summed E-state index contributed by atoms with van der Waals surface area (Å²) in [6.07, 6.45) is 0.477.